The number of hydrogen-bond donors (Lipinski definition) is 1. The topological polar surface area (TPSA) is 73.9 Å². The number of carbonyl (C=O) groups is 2. The summed E-state index contributed by atoms with van der Waals surface area (Å²) in [7, 11) is 1.56. The molecule has 1 fully saturated rings. The highest BCUT2D eigenvalue weighted by Crippen LogP contribution is 2.44. The fourth-order valence-electron chi connectivity index (χ4n) is 1.93. The summed E-state index contributed by atoms with van der Waals surface area (Å²) in [4.78, 5) is 23.8. The SMILES string of the molecule is CCOC(=O)[C@]1(NC(=O)OC(C)(C)C)C[C@@H]1COC. The van der Waals surface area contributed by atoms with Crippen molar-refractivity contribution in [2.24, 2.45) is 5.92 Å². The van der Waals surface area contributed by atoms with Crippen LogP contribution in [0.3, 0.4) is 0 Å². The predicted molar refractivity (Wildman–Crippen MR) is 68.7 cm³/mol. The molecule has 2 atom stereocenters. The quantitative estimate of drug-likeness (QED) is 0.768. The first-order valence-electron chi connectivity index (χ1n) is 6.42. The van der Waals surface area contributed by atoms with Gasteiger partial charge in [0.25, 0.3) is 0 Å². The average Bonchev–Trinajstić information content (AvgIpc) is 2.90. The molecule has 1 rings (SSSR count). The largest absolute Gasteiger partial charge is 0.464 e. The molecule has 0 radical (unpaired) electrons. The summed E-state index contributed by atoms with van der Waals surface area (Å²) in [5.74, 6) is -0.494. The van der Waals surface area contributed by atoms with Crippen molar-refractivity contribution in [2.75, 3.05) is 20.3 Å². The third-order valence-electron chi connectivity index (χ3n) is 2.84. The molecule has 6 nitrogen and oxygen atoms in total. The molecule has 0 aromatic carbocycles. The molecule has 1 saturated carbocycles. The zero-order valence-corrected chi connectivity index (χ0v) is 12.2. The Bertz CT molecular complexity index is 349. The Balaban J connectivity index is 2.67. The maximum absolute atomic E-state index is 12.0. The highest BCUT2D eigenvalue weighted by molar-refractivity contribution is 5.89. The Morgan fingerprint density at radius 1 is 1.37 bits per heavy atom. The predicted octanol–water partition coefficient (Wildman–Crippen LogP) is 1.48. The van der Waals surface area contributed by atoms with Gasteiger partial charge in [0, 0.05) is 13.0 Å². The van der Waals surface area contributed by atoms with Crippen LogP contribution in [0.25, 0.3) is 0 Å². The zero-order chi connectivity index (χ0) is 14.7. The van der Waals surface area contributed by atoms with E-state index in [9.17, 15) is 9.59 Å². The van der Waals surface area contributed by atoms with Crippen LogP contribution in [0.2, 0.25) is 0 Å². The van der Waals surface area contributed by atoms with Crippen molar-refractivity contribution in [1.82, 2.24) is 5.32 Å². The van der Waals surface area contributed by atoms with E-state index in [0.29, 0.717) is 13.0 Å². The molecular weight excluding hydrogens is 250 g/mol. The third kappa shape index (κ3) is 4.09. The van der Waals surface area contributed by atoms with Crippen molar-refractivity contribution in [2.45, 2.75) is 45.3 Å². The van der Waals surface area contributed by atoms with E-state index in [4.69, 9.17) is 14.2 Å². The maximum atomic E-state index is 12.0. The zero-order valence-electron chi connectivity index (χ0n) is 12.2. The van der Waals surface area contributed by atoms with Gasteiger partial charge in [-0.05, 0) is 34.1 Å². The number of ether oxygens (including phenoxy) is 3. The van der Waals surface area contributed by atoms with E-state index in [2.05, 4.69) is 5.32 Å². The average molecular weight is 273 g/mol. The van der Waals surface area contributed by atoms with E-state index in [-0.39, 0.29) is 12.5 Å². The van der Waals surface area contributed by atoms with Crippen LogP contribution in [0.5, 0.6) is 0 Å². The number of nitrogens with one attached hydrogen (secondary N) is 1. The Hall–Kier alpha value is -1.30. The van der Waals surface area contributed by atoms with Crippen molar-refractivity contribution >= 4 is 12.1 Å². The van der Waals surface area contributed by atoms with Gasteiger partial charge in [0.15, 0.2) is 0 Å². The normalized spacial score (nSPS) is 25.6. The molecule has 1 amide bonds. The van der Waals surface area contributed by atoms with E-state index >= 15 is 0 Å². The Morgan fingerprint density at radius 2 is 2.00 bits per heavy atom. The van der Waals surface area contributed by atoms with Gasteiger partial charge in [-0.2, -0.15) is 0 Å². The minimum Gasteiger partial charge on any atom is -0.464 e. The van der Waals surface area contributed by atoms with E-state index in [1.54, 1.807) is 34.8 Å². The molecule has 0 aromatic heterocycles. The van der Waals surface area contributed by atoms with Gasteiger partial charge in [0.1, 0.15) is 11.1 Å². The first-order valence-corrected chi connectivity index (χ1v) is 6.42. The van der Waals surface area contributed by atoms with Crippen LogP contribution in [0, 0.1) is 5.92 Å². The number of amides is 1. The molecule has 110 valence electrons. The van der Waals surface area contributed by atoms with Crippen LogP contribution in [0.1, 0.15) is 34.1 Å². The number of carbonyl (C=O) groups excluding carboxylic acids is 2. The highest BCUT2D eigenvalue weighted by Gasteiger charge is 2.62. The lowest BCUT2D eigenvalue weighted by atomic mass is 10.2. The lowest BCUT2D eigenvalue weighted by Crippen LogP contribution is -2.48. The van der Waals surface area contributed by atoms with Gasteiger partial charge in [-0.1, -0.05) is 0 Å². The minimum absolute atomic E-state index is 0.0657. The molecule has 1 aliphatic rings. The van der Waals surface area contributed by atoms with Gasteiger partial charge in [-0.15, -0.1) is 0 Å². The molecule has 19 heavy (non-hydrogen) atoms. The van der Waals surface area contributed by atoms with Crippen molar-refractivity contribution in [3.05, 3.63) is 0 Å². The molecule has 0 unspecified atom stereocenters. The van der Waals surface area contributed by atoms with E-state index < -0.39 is 23.2 Å². The Kier molecular flexibility index (Phi) is 4.79. The van der Waals surface area contributed by atoms with E-state index in [0.717, 1.165) is 0 Å². The van der Waals surface area contributed by atoms with E-state index in [1.807, 2.05) is 0 Å². The summed E-state index contributed by atoms with van der Waals surface area (Å²) in [6.45, 7) is 7.70. The number of hydrogen-bond acceptors (Lipinski definition) is 5. The molecule has 0 aromatic rings. The van der Waals surface area contributed by atoms with Gasteiger partial charge >= 0.3 is 12.1 Å². The van der Waals surface area contributed by atoms with Crippen LogP contribution in [-0.2, 0) is 19.0 Å². The van der Waals surface area contributed by atoms with Crippen molar-refractivity contribution in [1.29, 1.82) is 0 Å². The van der Waals surface area contributed by atoms with Crippen molar-refractivity contribution in [3.8, 4) is 0 Å². The Labute approximate surface area is 113 Å². The lowest BCUT2D eigenvalue weighted by Gasteiger charge is -2.23. The second kappa shape index (κ2) is 5.77. The van der Waals surface area contributed by atoms with Crippen LogP contribution in [0.15, 0.2) is 0 Å². The summed E-state index contributed by atoms with van der Waals surface area (Å²) in [6, 6.07) is 0. The third-order valence-corrected chi connectivity index (χ3v) is 2.84. The first-order chi connectivity index (χ1) is 8.75. The summed E-state index contributed by atoms with van der Waals surface area (Å²) in [6.07, 6.45) is -0.0991. The lowest BCUT2D eigenvalue weighted by molar-refractivity contribution is -0.147. The molecule has 0 saturated heterocycles. The van der Waals surface area contributed by atoms with Crippen LogP contribution in [0.4, 0.5) is 4.79 Å². The fourth-order valence-corrected chi connectivity index (χ4v) is 1.93. The molecule has 1 N–H and O–H groups in total. The molecule has 0 aliphatic heterocycles. The van der Waals surface area contributed by atoms with Gasteiger partial charge in [-0.25, -0.2) is 9.59 Å². The van der Waals surface area contributed by atoms with Gasteiger partial charge in [-0.3, -0.25) is 0 Å². The summed E-state index contributed by atoms with van der Waals surface area (Å²) in [5.41, 5.74) is -1.60. The highest BCUT2D eigenvalue weighted by atomic mass is 16.6. The minimum atomic E-state index is -0.992. The number of alkyl carbamates (subject to hydrolysis) is 1. The van der Waals surface area contributed by atoms with Crippen LogP contribution < -0.4 is 5.32 Å². The fraction of sp³-hybridized carbons (Fsp3) is 0.846. The van der Waals surface area contributed by atoms with Crippen LogP contribution >= 0.6 is 0 Å². The molecule has 0 spiro atoms. The van der Waals surface area contributed by atoms with Crippen molar-refractivity contribution in [3.63, 3.8) is 0 Å². The van der Waals surface area contributed by atoms with Gasteiger partial charge < -0.3 is 19.5 Å². The molecule has 0 heterocycles. The molecular formula is C13H23NO5. The maximum Gasteiger partial charge on any atom is 0.408 e. The molecule has 0 bridgehead atoms. The second-order valence-corrected chi connectivity index (χ2v) is 5.68. The number of rotatable bonds is 5. The summed E-state index contributed by atoms with van der Waals surface area (Å²) < 4.78 is 15.2. The number of esters is 1. The summed E-state index contributed by atoms with van der Waals surface area (Å²) >= 11 is 0. The Morgan fingerprint density at radius 3 is 2.47 bits per heavy atom. The number of methoxy groups -OCH3 is 1. The monoisotopic (exact) mass is 273 g/mol. The van der Waals surface area contributed by atoms with E-state index in [1.165, 1.54) is 0 Å². The smallest absolute Gasteiger partial charge is 0.408 e. The van der Waals surface area contributed by atoms with Gasteiger partial charge in [0.2, 0.25) is 0 Å². The van der Waals surface area contributed by atoms with Gasteiger partial charge in [0.05, 0.1) is 13.2 Å². The first kappa shape index (κ1) is 15.8. The second-order valence-electron chi connectivity index (χ2n) is 5.68. The van der Waals surface area contributed by atoms with Crippen molar-refractivity contribution < 1.29 is 23.8 Å². The van der Waals surface area contributed by atoms with Crippen LogP contribution in [-0.4, -0.2) is 43.5 Å². The standard InChI is InChI=1S/C13H23NO5/c1-6-18-10(15)13(7-9(13)8-17-5)14-11(16)19-12(2,3)4/h9H,6-8H2,1-5H3,(H,14,16)/t9-,13+/m1/s1. The summed E-state index contributed by atoms with van der Waals surface area (Å²) in [5, 5.41) is 2.63. The molecule has 6 heteroatoms. The molecule has 1 aliphatic carbocycles.